The van der Waals surface area contributed by atoms with Gasteiger partial charge in [0.15, 0.2) is 5.82 Å². The fourth-order valence-electron chi connectivity index (χ4n) is 1.16. The Morgan fingerprint density at radius 1 is 1.31 bits per heavy atom. The molecule has 0 radical (unpaired) electrons. The summed E-state index contributed by atoms with van der Waals surface area (Å²) in [7, 11) is 1.80. The van der Waals surface area contributed by atoms with Gasteiger partial charge < -0.3 is 5.73 Å². The lowest BCUT2D eigenvalue weighted by Gasteiger charge is -1.97. The van der Waals surface area contributed by atoms with Crippen LogP contribution >= 0.6 is 0 Å². The first-order valence-corrected chi connectivity index (χ1v) is 3.84. The van der Waals surface area contributed by atoms with Crippen molar-refractivity contribution >= 4 is 5.95 Å². The first kappa shape index (κ1) is 7.72. The van der Waals surface area contributed by atoms with Crippen LogP contribution in [0.5, 0.6) is 0 Å². The average molecular weight is 175 g/mol. The van der Waals surface area contributed by atoms with Crippen LogP contribution in [0.3, 0.4) is 0 Å². The van der Waals surface area contributed by atoms with Crippen LogP contribution in [0.25, 0.3) is 11.4 Å². The predicted molar refractivity (Wildman–Crippen MR) is 48.6 cm³/mol. The normalized spacial score (nSPS) is 10.2. The monoisotopic (exact) mass is 175 g/mol. The highest BCUT2D eigenvalue weighted by Gasteiger charge is 2.05. The van der Waals surface area contributed by atoms with Gasteiger partial charge in [0.05, 0.1) is 0 Å². The number of hydrogen-bond acceptors (Lipinski definition) is 4. The van der Waals surface area contributed by atoms with E-state index in [4.69, 9.17) is 5.73 Å². The molecule has 0 saturated carbocycles. The van der Waals surface area contributed by atoms with Crippen LogP contribution in [0.4, 0.5) is 5.95 Å². The van der Waals surface area contributed by atoms with Gasteiger partial charge in [0, 0.05) is 25.0 Å². The van der Waals surface area contributed by atoms with E-state index in [2.05, 4.69) is 15.1 Å². The second-order valence-electron chi connectivity index (χ2n) is 2.65. The Morgan fingerprint density at radius 3 is 2.54 bits per heavy atom. The molecule has 2 aromatic heterocycles. The molecule has 5 heteroatoms. The van der Waals surface area contributed by atoms with Gasteiger partial charge in [0.1, 0.15) is 0 Å². The van der Waals surface area contributed by atoms with Crippen LogP contribution in [-0.2, 0) is 7.05 Å². The smallest absolute Gasteiger partial charge is 0.240 e. The molecule has 2 aromatic rings. The molecule has 2 heterocycles. The number of nitrogens with two attached hydrogens (primary N) is 1. The fourth-order valence-corrected chi connectivity index (χ4v) is 1.16. The third-order valence-electron chi connectivity index (χ3n) is 1.72. The fraction of sp³-hybridized carbons (Fsp3) is 0.125. The van der Waals surface area contributed by atoms with E-state index in [0.717, 1.165) is 11.4 Å². The zero-order valence-electron chi connectivity index (χ0n) is 7.18. The van der Waals surface area contributed by atoms with Crippen molar-refractivity contribution in [3.63, 3.8) is 0 Å². The Labute approximate surface area is 75.2 Å². The zero-order valence-corrected chi connectivity index (χ0v) is 7.18. The summed E-state index contributed by atoms with van der Waals surface area (Å²) >= 11 is 0. The van der Waals surface area contributed by atoms with E-state index in [1.807, 2.05) is 12.1 Å². The molecule has 0 saturated heterocycles. The molecule has 66 valence electrons. The molecule has 0 amide bonds. The molecule has 0 bridgehead atoms. The number of rotatable bonds is 1. The molecule has 0 fully saturated rings. The molecular formula is C8H9N5. The molecule has 0 aliphatic carbocycles. The molecule has 0 aliphatic heterocycles. The molecule has 5 nitrogen and oxygen atoms in total. The SMILES string of the molecule is Cn1nc(N)nc1-c1ccncc1. The van der Waals surface area contributed by atoms with Gasteiger partial charge in [-0.2, -0.15) is 4.98 Å². The second-order valence-corrected chi connectivity index (χ2v) is 2.65. The van der Waals surface area contributed by atoms with Crippen molar-refractivity contribution in [1.29, 1.82) is 0 Å². The molecule has 0 aromatic carbocycles. The number of pyridine rings is 1. The lowest BCUT2D eigenvalue weighted by molar-refractivity contribution is 0.778. The lowest BCUT2D eigenvalue weighted by Crippen LogP contribution is -1.94. The highest BCUT2D eigenvalue weighted by Crippen LogP contribution is 2.14. The summed E-state index contributed by atoms with van der Waals surface area (Å²) in [4.78, 5) is 8.00. The predicted octanol–water partition coefficient (Wildman–Crippen LogP) is 0.459. The molecule has 0 spiro atoms. The minimum Gasteiger partial charge on any atom is -0.366 e. The van der Waals surface area contributed by atoms with E-state index >= 15 is 0 Å². The first-order chi connectivity index (χ1) is 6.27. The first-order valence-electron chi connectivity index (χ1n) is 3.84. The molecule has 2 rings (SSSR count). The minimum absolute atomic E-state index is 0.286. The van der Waals surface area contributed by atoms with Gasteiger partial charge in [0.25, 0.3) is 0 Å². The molecular weight excluding hydrogens is 166 g/mol. The third-order valence-corrected chi connectivity index (χ3v) is 1.72. The van der Waals surface area contributed by atoms with Crippen LogP contribution < -0.4 is 5.73 Å². The second kappa shape index (κ2) is 2.85. The van der Waals surface area contributed by atoms with Crippen LogP contribution in [0.2, 0.25) is 0 Å². The van der Waals surface area contributed by atoms with Gasteiger partial charge in [-0.3, -0.25) is 4.98 Å². The number of aryl methyl sites for hydroxylation is 1. The van der Waals surface area contributed by atoms with Crippen molar-refractivity contribution in [2.24, 2.45) is 7.05 Å². The standard InChI is InChI=1S/C8H9N5/c1-13-7(11-8(9)12-13)6-2-4-10-5-3-6/h2-5H,1H3,(H2,9,12). The van der Waals surface area contributed by atoms with Crippen molar-refractivity contribution < 1.29 is 0 Å². The van der Waals surface area contributed by atoms with Gasteiger partial charge in [-0.05, 0) is 12.1 Å². The van der Waals surface area contributed by atoms with Crippen molar-refractivity contribution in [2.45, 2.75) is 0 Å². The Morgan fingerprint density at radius 2 is 2.00 bits per heavy atom. The van der Waals surface area contributed by atoms with E-state index in [9.17, 15) is 0 Å². The van der Waals surface area contributed by atoms with E-state index in [1.54, 1.807) is 24.1 Å². The molecule has 13 heavy (non-hydrogen) atoms. The van der Waals surface area contributed by atoms with E-state index in [0.29, 0.717) is 0 Å². The summed E-state index contributed by atoms with van der Waals surface area (Å²) in [6, 6.07) is 3.73. The Bertz CT molecular complexity index is 406. The van der Waals surface area contributed by atoms with Crippen LogP contribution in [0, 0.1) is 0 Å². The number of hydrogen-bond donors (Lipinski definition) is 1. The molecule has 0 unspecified atom stereocenters. The quantitative estimate of drug-likeness (QED) is 0.683. The topological polar surface area (TPSA) is 69.6 Å². The van der Waals surface area contributed by atoms with Gasteiger partial charge >= 0.3 is 0 Å². The molecule has 0 aliphatic rings. The van der Waals surface area contributed by atoms with E-state index in [1.165, 1.54) is 0 Å². The minimum atomic E-state index is 0.286. The van der Waals surface area contributed by atoms with Crippen molar-refractivity contribution in [1.82, 2.24) is 19.7 Å². The van der Waals surface area contributed by atoms with Crippen molar-refractivity contribution in [3.05, 3.63) is 24.5 Å². The van der Waals surface area contributed by atoms with Gasteiger partial charge in [-0.25, -0.2) is 4.68 Å². The number of aromatic nitrogens is 4. The van der Waals surface area contributed by atoms with Gasteiger partial charge in [0.2, 0.25) is 5.95 Å². The van der Waals surface area contributed by atoms with Gasteiger partial charge in [-0.15, -0.1) is 5.10 Å². The zero-order chi connectivity index (χ0) is 9.26. The Balaban J connectivity index is 2.53. The third kappa shape index (κ3) is 1.35. The van der Waals surface area contributed by atoms with Crippen molar-refractivity contribution in [3.8, 4) is 11.4 Å². The average Bonchev–Trinajstić information content (AvgIpc) is 2.47. The maximum atomic E-state index is 5.46. The maximum absolute atomic E-state index is 5.46. The maximum Gasteiger partial charge on any atom is 0.240 e. The van der Waals surface area contributed by atoms with Crippen LogP contribution in [0.15, 0.2) is 24.5 Å². The van der Waals surface area contributed by atoms with Crippen LogP contribution in [-0.4, -0.2) is 19.7 Å². The van der Waals surface area contributed by atoms with E-state index < -0.39 is 0 Å². The summed E-state index contributed by atoms with van der Waals surface area (Å²) < 4.78 is 1.64. The lowest BCUT2D eigenvalue weighted by atomic mass is 10.2. The highest BCUT2D eigenvalue weighted by molar-refractivity contribution is 5.55. The van der Waals surface area contributed by atoms with Gasteiger partial charge in [-0.1, -0.05) is 0 Å². The molecule has 2 N–H and O–H groups in total. The summed E-state index contributed by atoms with van der Waals surface area (Å²) in [5.74, 6) is 1.04. The largest absolute Gasteiger partial charge is 0.366 e. The van der Waals surface area contributed by atoms with Crippen molar-refractivity contribution in [2.75, 3.05) is 5.73 Å². The Hall–Kier alpha value is -1.91. The summed E-state index contributed by atoms with van der Waals surface area (Å²) in [6.07, 6.45) is 3.42. The van der Waals surface area contributed by atoms with E-state index in [-0.39, 0.29) is 5.95 Å². The highest BCUT2D eigenvalue weighted by atomic mass is 15.4. The Kier molecular flexibility index (Phi) is 1.70. The summed E-state index contributed by atoms with van der Waals surface area (Å²) in [5.41, 5.74) is 6.42. The number of nitrogen functional groups attached to an aromatic ring is 1. The van der Waals surface area contributed by atoms with Crippen LogP contribution in [0.1, 0.15) is 0 Å². The summed E-state index contributed by atoms with van der Waals surface area (Å²) in [5, 5.41) is 3.95. The molecule has 0 atom stereocenters. The number of nitrogens with zero attached hydrogens (tertiary/aromatic N) is 4. The number of anilines is 1. The summed E-state index contributed by atoms with van der Waals surface area (Å²) in [6.45, 7) is 0.